The molecule has 2 aromatic rings. The van der Waals surface area contributed by atoms with Crippen molar-refractivity contribution in [1.29, 1.82) is 0 Å². The Morgan fingerprint density at radius 2 is 1.69 bits per heavy atom. The first-order valence-electron chi connectivity index (χ1n) is 8.89. The van der Waals surface area contributed by atoms with Gasteiger partial charge in [0.15, 0.2) is 0 Å². The number of ether oxygens (including phenoxy) is 1. The van der Waals surface area contributed by atoms with Crippen LogP contribution in [0.15, 0.2) is 54.9 Å². The molecule has 2 heterocycles. The van der Waals surface area contributed by atoms with E-state index in [1.165, 1.54) is 0 Å². The SMILES string of the molecule is O=C(CCCOc1ccccc1)N1CCN(C(=O)c2cccnc2)CC1. The molecule has 1 saturated heterocycles. The van der Waals surface area contributed by atoms with E-state index in [1.54, 1.807) is 29.4 Å². The molecule has 26 heavy (non-hydrogen) atoms. The number of aromatic nitrogens is 1. The molecule has 0 N–H and O–H groups in total. The largest absolute Gasteiger partial charge is 0.494 e. The number of amides is 2. The normalized spacial score (nSPS) is 14.2. The minimum absolute atomic E-state index is 0.0264. The van der Waals surface area contributed by atoms with Crippen LogP contribution in [0.4, 0.5) is 0 Å². The second kappa shape index (κ2) is 8.99. The van der Waals surface area contributed by atoms with E-state index < -0.39 is 0 Å². The second-order valence-corrected chi connectivity index (χ2v) is 6.18. The average Bonchev–Trinajstić information content (AvgIpc) is 2.72. The van der Waals surface area contributed by atoms with Gasteiger partial charge in [-0.05, 0) is 30.7 Å². The summed E-state index contributed by atoms with van der Waals surface area (Å²) in [6.45, 7) is 2.78. The number of hydrogen-bond donors (Lipinski definition) is 0. The monoisotopic (exact) mass is 353 g/mol. The predicted molar refractivity (Wildman–Crippen MR) is 97.9 cm³/mol. The van der Waals surface area contributed by atoms with Crippen LogP contribution in [0.5, 0.6) is 5.75 Å². The van der Waals surface area contributed by atoms with E-state index in [-0.39, 0.29) is 11.8 Å². The van der Waals surface area contributed by atoms with Gasteiger partial charge in [0.05, 0.1) is 12.2 Å². The summed E-state index contributed by atoms with van der Waals surface area (Å²) in [5.41, 5.74) is 0.588. The van der Waals surface area contributed by atoms with Crippen molar-refractivity contribution >= 4 is 11.8 Å². The Hall–Kier alpha value is -2.89. The minimum atomic E-state index is -0.0264. The molecule has 0 spiro atoms. The number of pyridine rings is 1. The van der Waals surface area contributed by atoms with Crippen molar-refractivity contribution in [2.45, 2.75) is 12.8 Å². The van der Waals surface area contributed by atoms with Crippen molar-refractivity contribution in [3.8, 4) is 5.75 Å². The number of carbonyl (C=O) groups excluding carboxylic acids is 2. The molecular formula is C20H23N3O3. The summed E-state index contributed by atoms with van der Waals surface area (Å²) in [5.74, 6) is 0.916. The molecular weight excluding hydrogens is 330 g/mol. The molecule has 0 aliphatic carbocycles. The molecule has 1 aliphatic heterocycles. The van der Waals surface area contributed by atoms with Gasteiger partial charge >= 0.3 is 0 Å². The maximum Gasteiger partial charge on any atom is 0.255 e. The molecule has 6 nitrogen and oxygen atoms in total. The summed E-state index contributed by atoms with van der Waals surface area (Å²) in [7, 11) is 0. The Kier molecular flexibility index (Phi) is 6.19. The van der Waals surface area contributed by atoms with E-state index in [4.69, 9.17) is 4.74 Å². The van der Waals surface area contributed by atoms with Crippen LogP contribution in [-0.2, 0) is 4.79 Å². The van der Waals surface area contributed by atoms with Crippen LogP contribution in [0.3, 0.4) is 0 Å². The van der Waals surface area contributed by atoms with Gasteiger partial charge in [0.2, 0.25) is 5.91 Å². The summed E-state index contributed by atoms with van der Waals surface area (Å²) < 4.78 is 5.61. The topological polar surface area (TPSA) is 62.7 Å². The minimum Gasteiger partial charge on any atom is -0.494 e. The van der Waals surface area contributed by atoms with E-state index in [0.717, 1.165) is 5.75 Å². The first-order valence-corrected chi connectivity index (χ1v) is 8.89. The summed E-state index contributed by atoms with van der Waals surface area (Å²) in [6, 6.07) is 13.1. The molecule has 1 aromatic carbocycles. The smallest absolute Gasteiger partial charge is 0.255 e. The van der Waals surface area contributed by atoms with Gasteiger partial charge in [0.1, 0.15) is 5.75 Å². The average molecular weight is 353 g/mol. The predicted octanol–water partition coefficient (Wildman–Crippen LogP) is 2.23. The highest BCUT2D eigenvalue weighted by Gasteiger charge is 2.24. The third kappa shape index (κ3) is 4.81. The third-order valence-electron chi connectivity index (χ3n) is 4.37. The molecule has 0 unspecified atom stereocenters. The van der Waals surface area contributed by atoms with Gasteiger partial charge in [-0.2, -0.15) is 0 Å². The van der Waals surface area contributed by atoms with Crippen molar-refractivity contribution in [2.75, 3.05) is 32.8 Å². The molecule has 0 saturated carbocycles. The maximum absolute atomic E-state index is 12.4. The Morgan fingerprint density at radius 1 is 0.962 bits per heavy atom. The van der Waals surface area contributed by atoms with Crippen LogP contribution < -0.4 is 4.74 Å². The zero-order chi connectivity index (χ0) is 18.2. The standard InChI is InChI=1S/C20H23N3O3/c24-19(9-5-15-26-18-7-2-1-3-8-18)22-11-13-23(14-12-22)20(25)17-6-4-10-21-16-17/h1-4,6-8,10,16H,5,9,11-15H2. The number of nitrogens with zero attached hydrogens (tertiary/aromatic N) is 3. The van der Waals surface area contributed by atoms with Crippen molar-refractivity contribution in [3.05, 3.63) is 60.4 Å². The van der Waals surface area contributed by atoms with Gasteiger partial charge in [0, 0.05) is 45.0 Å². The molecule has 3 rings (SSSR count). The molecule has 1 aromatic heterocycles. The fourth-order valence-electron chi connectivity index (χ4n) is 2.92. The Morgan fingerprint density at radius 3 is 2.38 bits per heavy atom. The molecule has 6 heteroatoms. The summed E-state index contributed by atoms with van der Waals surface area (Å²) in [4.78, 5) is 32.3. The lowest BCUT2D eigenvalue weighted by molar-refractivity contribution is -0.132. The van der Waals surface area contributed by atoms with Crippen molar-refractivity contribution in [2.24, 2.45) is 0 Å². The molecule has 0 bridgehead atoms. The van der Waals surface area contributed by atoms with Crippen LogP contribution in [0.25, 0.3) is 0 Å². The van der Waals surface area contributed by atoms with Crippen LogP contribution in [0.2, 0.25) is 0 Å². The third-order valence-corrected chi connectivity index (χ3v) is 4.37. The number of benzene rings is 1. The highest BCUT2D eigenvalue weighted by atomic mass is 16.5. The summed E-state index contributed by atoms with van der Waals surface area (Å²) in [6.07, 6.45) is 4.37. The van der Waals surface area contributed by atoms with Gasteiger partial charge in [-0.15, -0.1) is 0 Å². The van der Waals surface area contributed by atoms with Gasteiger partial charge in [0.25, 0.3) is 5.91 Å². The zero-order valence-corrected chi connectivity index (χ0v) is 14.7. The molecule has 0 atom stereocenters. The number of piperazine rings is 1. The van der Waals surface area contributed by atoms with E-state index in [9.17, 15) is 9.59 Å². The molecule has 1 fully saturated rings. The first-order chi connectivity index (χ1) is 12.7. The Labute approximate surface area is 153 Å². The highest BCUT2D eigenvalue weighted by Crippen LogP contribution is 2.11. The highest BCUT2D eigenvalue weighted by molar-refractivity contribution is 5.94. The van der Waals surface area contributed by atoms with Crippen molar-refractivity contribution < 1.29 is 14.3 Å². The fourth-order valence-corrected chi connectivity index (χ4v) is 2.92. The number of carbonyl (C=O) groups is 2. The van der Waals surface area contributed by atoms with Crippen LogP contribution >= 0.6 is 0 Å². The fraction of sp³-hybridized carbons (Fsp3) is 0.350. The number of rotatable bonds is 6. The second-order valence-electron chi connectivity index (χ2n) is 6.18. The first kappa shape index (κ1) is 17.9. The van der Waals surface area contributed by atoms with E-state index in [0.29, 0.717) is 51.2 Å². The zero-order valence-electron chi connectivity index (χ0n) is 14.7. The van der Waals surface area contributed by atoms with E-state index in [2.05, 4.69) is 4.98 Å². The Bertz CT molecular complexity index is 714. The lowest BCUT2D eigenvalue weighted by atomic mass is 10.2. The molecule has 2 amide bonds. The number of para-hydroxylation sites is 1. The van der Waals surface area contributed by atoms with Gasteiger partial charge in [-0.1, -0.05) is 18.2 Å². The van der Waals surface area contributed by atoms with Gasteiger partial charge in [-0.25, -0.2) is 0 Å². The molecule has 136 valence electrons. The van der Waals surface area contributed by atoms with Crippen molar-refractivity contribution in [1.82, 2.24) is 14.8 Å². The van der Waals surface area contributed by atoms with Gasteiger partial charge in [-0.3, -0.25) is 14.6 Å². The summed E-state index contributed by atoms with van der Waals surface area (Å²) >= 11 is 0. The van der Waals surface area contributed by atoms with E-state index in [1.807, 2.05) is 35.2 Å². The van der Waals surface area contributed by atoms with Crippen molar-refractivity contribution in [3.63, 3.8) is 0 Å². The summed E-state index contributed by atoms with van der Waals surface area (Å²) in [5, 5.41) is 0. The molecule has 1 aliphatic rings. The lowest BCUT2D eigenvalue weighted by Crippen LogP contribution is -2.50. The van der Waals surface area contributed by atoms with Crippen LogP contribution in [0, 0.1) is 0 Å². The van der Waals surface area contributed by atoms with Crippen LogP contribution in [0.1, 0.15) is 23.2 Å². The molecule has 0 radical (unpaired) electrons. The quantitative estimate of drug-likeness (QED) is 0.747. The van der Waals surface area contributed by atoms with Gasteiger partial charge < -0.3 is 14.5 Å². The van der Waals surface area contributed by atoms with E-state index >= 15 is 0 Å². The number of hydrogen-bond acceptors (Lipinski definition) is 4. The van der Waals surface area contributed by atoms with Crippen LogP contribution in [-0.4, -0.2) is 59.4 Å². The Balaban J connectivity index is 1.37. The lowest BCUT2D eigenvalue weighted by Gasteiger charge is -2.34. The maximum atomic E-state index is 12.4.